The normalized spacial score (nSPS) is 17.3. The van der Waals surface area contributed by atoms with Crippen LogP contribution in [0.5, 0.6) is 0 Å². The van der Waals surface area contributed by atoms with Gasteiger partial charge in [0.15, 0.2) is 0 Å². The molecule has 0 radical (unpaired) electrons. The number of nitrogens with zero attached hydrogens (tertiary/aromatic N) is 1. The van der Waals surface area contributed by atoms with E-state index in [0.717, 1.165) is 26.2 Å². The van der Waals surface area contributed by atoms with E-state index in [4.69, 9.17) is 0 Å². The van der Waals surface area contributed by atoms with Crippen molar-refractivity contribution in [1.82, 2.24) is 10.2 Å². The summed E-state index contributed by atoms with van der Waals surface area (Å²) in [5, 5.41) is 3.46. The smallest absolute Gasteiger partial charge is 0.0349 e. The molecule has 2 heteroatoms. The molecular formula is C20H26N2. The molecule has 2 aromatic carbocycles. The van der Waals surface area contributed by atoms with Crippen LogP contribution in [0.2, 0.25) is 0 Å². The van der Waals surface area contributed by atoms with Crippen LogP contribution in [0.3, 0.4) is 0 Å². The maximum atomic E-state index is 3.46. The highest BCUT2D eigenvalue weighted by Crippen LogP contribution is 2.29. The van der Waals surface area contributed by atoms with E-state index >= 15 is 0 Å². The summed E-state index contributed by atoms with van der Waals surface area (Å²) in [4.78, 5) is 2.64. The summed E-state index contributed by atoms with van der Waals surface area (Å²) in [6.45, 7) is 6.81. The molecule has 1 N–H and O–H groups in total. The highest BCUT2D eigenvalue weighted by Gasteiger charge is 2.21. The van der Waals surface area contributed by atoms with Gasteiger partial charge in [0.05, 0.1) is 0 Å². The van der Waals surface area contributed by atoms with Gasteiger partial charge >= 0.3 is 0 Å². The molecule has 2 nitrogen and oxygen atoms in total. The standard InChI is InChI=1S/C20H26N2/c1-2-7-20(22-14-12-21-13-15-22)19-11-6-10-18(16-19)17-8-4-3-5-9-17/h3-6,8-11,16,20-21H,2,7,12-15H2,1H3/t20-/m1/s1. The lowest BCUT2D eigenvalue weighted by Crippen LogP contribution is -2.45. The van der Waals surface area contributed by atoms with E-state index < -0.39 is 0 Å². The molecule has 1 fully saturated rings. The molecule has 22 heavy (non-hydrogen) atoms. The summed E-state index contributed by atoms with van der Waals surface area (Å²) in [5.74, 6) is 0. The minimum absolute atomic E-state index is 0.552. The van der Waals surface area contributed by atoms with E-state index in [1.165, 1.54) is 29.5 Å². The molecule has 0 unspecified atom stereocenters. The van der Waals surface area contributed by atoms with Crippen LogP contribution in [-0.2, 0) is 0 Å². The second kappa shape index (κ2) is 7.57. The third-order valence-electron chi connectivity index (χ3n) is 4.53. The summed E-state index contributed by atoms with van der Waals surface area (Å²) in [6, 6.07) is 20.4. The van der Waals surface area contributed by atoms with Gasteiger partial charge in [0.25, 0.3) is 0 Å². The lowest BCUT2D eigenvalue weighted by Gasteiger charge is -2.35. The summed E-state index contributed by atoms with van der Waals surface area (Å²) in [7, 11) is 0. The Morgan fingerprint density at radius 3 is 2.41 bits per heavy atom. The highest BCUT2D eigenvalue weighted by atomic mass is 15.2. The monoisotopic (exact) mass is 294 g/mol. The van der Waals surface area contributed by atoms with E-state index in [-0.39, 0.29) is 0 Å². The lowest BCUT2D eigenvalue weighted by atomic mass is 9.95. The Balaban J connectivity index is 1.87. The van der Waals surface area contributed by atoms with Crippen molar-refractivity contribution in [2.75, 3.05) is 26.2 Å². The summed E-state index contributed by atoms with van der Waals surface area (Å²) in [6.07, 6.45) is 2.46. The summed E-state index contributed by atoms with van der Waals surface area (Å²) in [5.41, 5.74) is 4.10. The van der Waals surface area contributed by atoms with Crippen LogP contribution in [0.4, 0.5) is 0 Å². The van der Waals surface area contributed by atoms with E-state index in [9.17, 15) is 0 Å². The molecule has 1 heterocycles. The maximum absolute atomic E-state index is 3.46. The van der Waals surface area contributed by atoms with Crippen molar-refractivity contribution in [3.63, 3.8) is 0 Å². The van der Waals surface area contributed by atoms with Gasteiger partial charge in [0.1, 0.15) is 0 Å². The molecule has 0 amide bonds. The number of rotatable bonds is 5. The topological polar surface area (TPSA) is 15.3 Å². The van der Waals surface area contributed by atoms with Crippen molar-refractivity contribution >= 4 is 0 Å². The Bertz CT molecular complexity index is 573. The van der Waals surface area contributed by atoms with Crippen LogP contribution < -0.4 is 5.32 Å². The molecule has 1 aliphatic heterocycles. The Morgan fingerprint density at radius 2 is 1.68 bits per heavy atom. The SMILES string of the molecule is CCC[C@H](c1cccc(-c2ccccc2)c1)N1CCNCC1. The van der Waals surface area contributed by atoms with E-state index in [1.807, 2.05) is 0 Å². The van der Waals surface area contributed by atoms with Gasteiger partial charge in [-0.1, -0.05) is 61.9 Å². The van der Waals surface area contributed by atoms with Crippen LogP contribution in [0, 0.1) is 0 Å². The highest BCUT2D eigenvalue weighted by molar-refractivity contribution is 5.64. The van der Waals surface area contributed by atoms with E-state index in [1.54, 1.807) is 0 Å². The zero-order valence-corrected chi connectivity index (χ0v) is 13.5. The molecule has 2 aromatic rings. The Hall–Kier alpha value is -1.64. The molecule has 1 aliphatic rings. The van der Waals surface area contributed by atoms with Crippen molar-refractivity contribution in [3.05, 3.63) is 60.2 Å². The van der Waals surface area contributed by atoms with Gasteiger partial charge in [0.2, 0.25) is 0 Å². The zero-order valence-electron chi connectivity index (χ0n) is 13.5. The maximum Gasteiger partial charge on any atom is 0.0349 e. The van der Waals surface area contributed by atoms with Crippen LogP contribution in [0.25, 0.3) is 11.1 Å². The van der Waals surface area contributed by atoms with Crippen molar-refractivity contribution in [3.8, 4) is 11.1 Å². The molecule has 1 saturated heterocycles. The van der Waals surface area contributed by atoms with Gasteiger partial charge in [0, 0.05) is 32.2 Å². The molecule has 3 rings (SSSR count). The number of piperazine rings is 1. The molecule has 0 bridgehead atoms. The fraction of sp³-hybridized carbons (Fsp3) is 0.400. The zero-order chi connectivity index (χ0) is 15.2. The molecule has 0 aromatic heterocycles. The number of hydrogen-bond acceptors (Lipinski definition) is 2. The predicted molar refractivity (Wildman–Crippen MR) is 94.0 cm³/mol. The van der Waals surface area contributed by atoms with E-state index in [0.29, 0.717) is 6.04 Å². The molecule has 0 saturated carbocycles. The minimum atomic E-state index is 0.552. The first-order valence-corrected chi connectivity index (χ1v) is 8.48. The van der Waals surface area contributed by atoms with E-state index in [2.05, 4.69) is 71.7 Å². The molecule has 0 spiro atoms. The van der Waals surface area contributed by atoms with Crippen molar-refractivity contribution in [1.29, 1.82) is 0 Å². The Kier molecular flexibility index (Phi) is 5.25. The second-order valence-corrected chi connectivity index (χ2v) is 6.08. The molecule has 116 valence electrons. The fourth-order valence-corrected chi connectivity index (χ4v) is 3.38. The first-order chi connectivity index (χ1) is 10.9. The quantitative estimate of drug-likeness (QED) is 0.893. The fourth-order valence-electron chi connectivity index (χ4n) is 3.38. The van der Waals surface area contributed by atoms with Gasteiger partial charge in [-0.25, -0.2) is 0 Å². The second-order valence-electron chi connectivity index (χ2n) is 6.08. The third kappa shape index (κ3) is 3.57. The van der Waals surface area contributed by atoms with Crippen molar-refractivity contribution in [2.24, 2.45) is 0 Å². The molecule has 0 aliphatic carbocycles. The van der Waals surface area contributed by atoms with Gasteiger partial charge in [-0.2, -0.15) is 0 Å². The van der Waals surface area contributed by atoms with Crippen molar-refractivity contribution < 1.29 is 0 Å². The minimum Gasteiger partial charge on any atom is -0.314 e. The van der Waals surface area contributed by atoms with Crippen LogP contribution >= 0.6 is 0 Å². The third-order valence-corrected chi connectivity index (χ3v) is 4.53. The first kappa shape index (κ1) is 15.3. The van der Waals surface area contributed by atoms with Gasteiger partial charge in [-0.3, -0.25) is 4.90 Å². The number of nitrogens with one attached hydrogen (secondary N) is 1. The summed E-state index contributed by atoms with van der Waals surface area (Å²) < 4.78 is 0. The van der Waals surface area contributed by atoms with Gasteiger partial charge in [-0.05, 0) is 29.2 Å². The lowest BCUT2D eigenvalue weighted by molar-refractivity contribution is 0.164. The average Bonchev–Trinajstić information content (AvgIpc) is 2.61. The largest absolute Gasteiger partial charge is 0.314 e. The predicted octanol–water partition coefficient (Wildman–Crippen LogP) is 4.10. The summed E-state index contributed by atoms with van der Waals surface area (Å²) >= 11 is 0. The Morgan fingerprint density at radius 1 is 0.955 bits per heavy atom. The first-order valence-electron chi connectivity index (χ1n) is 8.48. The van der Waals surface area contributed by atoms with Crippen molar-refractivity contribution in [2.45, 2.75) is 25.8 Å². The van der Waals surface area contributed by atoms with Crippen LogP contribution in [0.15, 0.2) is 54.6 Å². The molecular weight excluding hydrogens is 268 g/mol. The number of benzene rings is 2. The van der Waals surface area contributed by atoms with Crippen LogP contribution in [-0.4, -0.2) is 31.1 Å². The van der Waals surface area contributed by atoms with Gasteiger partial charge in [-0.15, -0.1) is 0 Å². The van der Waals surface area contributed by atoms with Crippen LogP contribution in [0.1, 0.15) is 31.4 Å². The Labute approximate surface area is 134 Å². The molecule has 1 atom stereocenters. The average molecular weight is 294 g/mol. The number of hydrogen-bond donors (Lipinski definition) is 1. The van der Waals surface area contributed by atoms with Gasteiger partial charge < -0.3 is 5.32 Å².